The SMILES string of the molecule is Cc1ccc(S(=O)(=O)OCC2CCN(c3ccc(Cl)cc3Cl)CC2O)cc1. The van der Waals surface area contributed by atoms with Gasteiger partial charge in [0.15, 0.2) is 0 Å². The van der Waals surface area contributed by atoms with Crippen molar-refractivity contribution in [3.8, 4) is 0 Å². The van der Waals surface area contributed by atoms with E-state index in [0.29, 0.717) is 29.6 Å². The Hall–Kier alpha value is -1.31. The van der Waals surface area contributed by atoms with Gasteiger partial charge < -0.3 is 10.0 Å². The summed E-state index contributed by atoms with van der Waals surface area (Å²) in [6.45, 7) is 2.81. The summed E-state index contributed by atoms with van der Waals surface area (Å²) in [5.41, 5.74) is 1.77. The van der Waals surface area contributed by atoms with Crippen molar-refractivity contribution in [2.45, 2.75) is 24.3 Å². The minimum atomic E-state index is -3.84. The Balaban J connectivity index is 1.61. The molecule has 1 aliphatic heterocycles. The number of β-amino-alcohol motifs (C(OH)–C–C–N with tert-alkyl or cyclic N) is 1. The highest BCUT2D eigenvalue weighted by molar-refractivity contribution is 7.86. The van der Waals surface area contributed by atoms with Crippen LogP contribution >= 0.6 is 23.2 Å². The van der Waals surface area contributed by atoms with Crippen LogP contribution in [0.1, 0.15) is 12.0 Å². The van der Waals surface area contributed by atoms with Gasteiger partial charge in [0.1, 0.15) is 0 Å². The molecule has 2 unspecified atom stereocenters. The number of hydrogen-bond donors (Lipinski definition) is 1. The van der Waals surface area contributed by atoms with Crippen LogP contribution in [0.15, 0.2) is 47.4 Å². The lowest BCUT2D eigenvalue weighted by Gasteiger charge is -2.37. The van der Waals surface area contributed by atoms with Gasteiger partial charge in [0.05, 0.1) is 28.3 Å². The van der Waals surface area contributed by atoms with Gasteiger partial charge in [-0.25, -0.2) is 0 Å². The highest BCUT2D eigenvalue weighted by atomic mass is 35.5. The van der Waals surface area contributed by atoms with Gasteiger partial charge in [0, 0.05) is 24.0 Å². The molecule has 1 heterocycles. The van der Waals surface area contributed by atoms with Crippen molar-refractivity contribution in [1.82, 2.24) is 0 Å². The van der Waals surface area contributed by atoms with E-state index in [2.05, 4.69) is 0 Å². The highest BCUT2D eigenvalue weighted by Gasteiger charge is 2.30. The molecule has 0 amide bonds. The molecule has 0 bridgehead atoms. The van der Waals surface area contributed by atoms with Crippen LogP contribution in [-0.2, 0) is 14.3 Å². The molecule has 2 atom stereocenters. The Bertz CT molecular complexity index is 902. The number of benzene rings is 2. The van der Waals surface area contributed by atoms with Gasteiger partial charge in [-0.2, -0.15) is 8.42 Å². The summed E-state index contributed by atoms with van der Waals surface area (Å²) < 4.78 is 29.8. The Morgan fingerprint density at radius 1 is 1.19 bits per heavy atom. The number of aliphatic hydroxyl groups is 1. The first-order valence-corrected chi connectivity index (χ1v) is 10.8. The van der Waals surface area contributed by atoms with Crippen molar-refractivity contribution in [1.29, 1.82) is 0 Å². The fourth-order valence-electron chi connectivity index (χ4n) is 3.08. The summed E-state index contributed by atoms with van der Waals surface area (Å²) in [6.07, 6.45) is -0.137. The van der Waals surface area contributed by atoms with Gasteiger partial charge in [-0.15, -0.1) is 0 Å². The van der Waals surface area contributed by atoms with E-state index in [0.717, 1.165) is 11.3 Å². The molecular formula is C19H21Cl2NO4S. The lowest BCUT2D eigenvalue weighted by Crippen LogP contribution is -2.45. The zero-order valence-corrected chi connectivity index (χ0v) is 17.1. The van der Waals surface area contributed by atoms with E-state index >= 15 is 0 Å². The van der Waals surface area contributed by atoms with Crippen molar-refractivity contribution in [3.63, 3.8) is 0 Å². The summed E-state index contributed by atoms with van der Waals surface area (Å²) in [5, 5.41) is 11.5. The summed E-state index contributed by atoms with van der Waals surface area (Å²) in [5.74, 6) is -0.271. The Kier molecular flexibility index (Phi) is 6.33. The molecule has 146 valence electrons. The van der Waals surface area contributed by atoms with E-state index in [1.807, 2.05) is 17.9 Å². The first-order valence-electron chi connectivity index (χ1n) is 8.60. The van der Waals surface area contributed by atoms with Gasteiger partial charge in [0.25, 0.3) is 10.1 Å². The fourth-order valence-corrected chi connectivity index (χ4v) is 4.57. The molecule has 1 aliphatic rings. The molecule has 1 fully saturated rings. The number of aliphatic hydroxyl groups excluding tert-OH is 1. The first-order chi connectivity index (χ1) is 12.8. The Labute approximate surface area is 169 Å². The average Bonchev–Trinajstić information content (AvgIpc) is 2.61. The molecule has 1 saturated heterocycles. The largest absolute Gasteiger partial charge is 0.391 e. The smallest absolute Gasteiger partial charge is 0.296 e. The Morgan fingerprint density at radius 3 is 2.52 bits per heavy atom. The topological polar surface area (TPSA) is 66.8 Å². The number of piperidine rings is 1. The number of halogens is 2. The van der Waals surface area contributed by atoms with Gasteiger partial charge in [-0.1, -0.05) is 40.9 Å². The second-order valence-electron chi connectivity index (χ2n) is 6.71. The van der Waals surface area contributed by atoms with E-state index in [1.54, 1.807) is 24.3 Å². The molecule has 0 spiro atoms. The summed E-state index contributed by atoms with van der Waals surface area (Å²) in [7, 11) is -3.84. The maximum absolute atomic E-state index is 12.3. The highest BCUT2D eigenvalue weighted by Crippen LogP contribution is 2.32. The third-order valence-corrected chi connectivity index (χ3v) is 6.55. The molecule has 0 radical (unpaired) electrons. The van der Waals surface area contributed by atoms with E-state index in [1.165, 1.54) is 12.1 Å². The normalized spacial score (nSPS) is 20.7. The fraction of sp³-hybridized carbons (Fsp3) is 0.368. The predicted molar refractivity (Wildman–Crippen MR) is 107 cm³/mol. The van der Waals surface area contributed by atoms with Crippen molar-refractivity contribution < 1.29 is 17.7 Å². The van der Waals surface area contributed by atoms with E-state index < -0.39 is 16.2 Å². The maximum Gasteiger partial charge on any atom is 0.296 e. The molecular weight excluding hydrogens is 409 g/mol. The lowest BCUT2D eigenvalue weighted by atomic mass is 9.94. The molecule has 2 aromatic carbocycles. The molecule has 0 saturated carbocycles. The minimum Gasteiger partial charge on any atom is -0.391 e. The minimum absolute atomic E-state index is 0.0560. The molecule has 8 heteroatoms. The summed E-state index contributed by atoms with van der Waals surface area (Å²) >= 11 is 12.2. The maximum atomic E-state index is 12.3. The Morgan fingerprint density at radius 2 is 1.89 bits per heavy atom. The lowest BCUT2D eigenvalue weighted by molar-refractivity contribution is 0.0636. The molecule has 2 aromatic rings. The molecule has 27 heavy (non-hydrogen) atoms. The van der Waals surface area contributed by atoms with Gasteiger partial charge in [-0.3, -0.25) is 4.18 Å². The van der Waals surface area contributed by atoms with Gasteiger partial charge >= 0.3 is 0 Å². The molecule has 0 aliphatic carbocycles. The van der Waals surface area contributed by atoms with Crippen molar-refractivity contribution in [3.05, 3.63) is 58.1 Å². The van der Waals surface area contributed by atoms with Gasteiger partial charge in [0.2, 0.25) is 0 Å². The second-order valence-corrected chi connectivity index (χ2v) is 9.17. The number of nitrogens with zero attached hydrogens (tertiary/aromatic N) is 1. The van der Waals surface area contributed by atoms with E-state index in [9.17, 15) is 13.5 Å². The molecule has 5 nitrogen and oxygen atoms in total. The van der Waals surface area contributed by atoms with Crippen LogP contribution in [0.5, 0.6) is 0 Å². The zero-order valence-electron chi connectivity index (χ0n) is 14.8. The van der Waals surface area contributed by atoms with Crippen molar-refractivity contribution >= 4 is 39.0 Å². The van der Waals surface area contributed by atoms with E-state index in [4.69, 9.17) is 27.4 Å². The number of hydrogen-bond acceptors (Lipinski definition) is 5. The van der Waals surface area contributed by atoms with Crippen LogP contribution in [0.4, 0.5) is 5.69 Å². The van der Waals surface area contributed by atoms with Crippen molar-refractivity contribution in [2.24, 2.45) is 5.92 Å². The van der Waals surface area contributed by atoms with Gasteiger partial charge in [-0.05, 0) is 43.7 Å². The quantitative estimate of drug-likeness (QED) is 0.729. The molecule has 3 rings (SSSR count). The first kappa shape index (κ1) is 20.4. The van der Waals surface area contributed by atoms with Crippen LogP contribution < -0.4 is 4.90 Å². The summed E-state index contributed by atoms with van der Waals surface area (Å²) in [4.78, 5) is 2.09. The number of rotatable bonds is 5. The second kappa shape index (κ2) is 8.37. The van der Waals surface area contributed by atoms with Crippen LogP contribution in [0.25, 0.3) is 0 Å². The van der Waals surface area contributed by atoms with Crippen molar-refractivity contribution in [2.75, 3.05) is 24.6 Å². The predicted octanol–water partition coefficient (Wildman–Crippen LogP) is 3.89. The van der Waals surface area contributed by atoms with Crippen LogP contribution in [0.3, 0.4) is 0 Å². The van der Waals surface area contributed by atoms with Crippen LogP contribution in [0.2, 0.25) is 10.0 Å². The van der Waals surface area contributed by atoms with Crippen LogP contribution in [-0.4, -0.2) is 39.3 Å². The number of aryl methyl sites for hydroxylation is 1. The standard InChI is InChI=1S/C19H21Cl2NO4S/c1-13-2-5-16(6-3-13)27(24,25)26-12-14-8-9-22(11-19(14)23)18-7-4-15(20)10-17(18)21/h2-7,10,14,19,23H,8-9,11-12H2,1H3. The van der Waals surface area contributed by atoms with Crippen LogP contribution in [0, 0.1) is 12.8 Å². The summed E-state index contributed by atoms with van der Waals surface area (Å²) in [6, 6.07) is 11.7. The molecule has 0 aromatic heterocycles. The number of anilines is 1. The van der Waals surface area contributed by atoms with E-state index in [-0.39, 0.29) is 17.4 Å². The zero-order chi connectivity index (χ0) is 19.6. The molecule has 1 N–H and O–H groups in total. The average molecular weight is 430 g/mol. The third kappa shape index (κ3) is 4.95. The third-order valence-electron chi connectivity index (χ3n) is 4.72. The monoisotopic (exact) mass is 429 g/mol.